The van der Waals surface area contributed by atoms with E-state index in [0.29, 0.717) is 10.7 Å². The van der Waals surface area contributed by atoms with E-state index in [-0.39, 0.29) is 0 Å². The average molecular weight is 244 g/mol. The van der Waals surface area contributed by atoms with Crippen molar-refractivity contribution in [2.75, 3.05) is 4.90 Å². The van der Waals surface area contributed by atoms with Gasteiger partial charge in [-0.05, 0) is 35.2 Å². The van der Waals surface area contributed by atoms with E-state index in [1.54, 1.807) is 18.2 Å². The molecule has 1 aromatic carbocycles. The van der Waals surface area contributed by atoms with Crippen LogP contribution in [0.5, 0.6) is 0 Å². The fourth-order valence-corrected chi connectivity index (χ4v) is 2.13. The van der Waals surface area contributed by atoms with Crippen LogP contribution < -0.4 is 4.90 Å². The van der Waals surface area contributed by atoms with Crippen LogP contribution in [0.1, 0.15) is 0 Å². The second-order valence-corrected chi connectivity index (χ2v) is 4.02. The minimum atomic E-state index is -0.638. The Bertz CT molecular complexity index is 546. The van der Waals surface area contributed by atoms with Crippen LogP contribution >= 0.6 is 11.3 Å². The molecule has 0 saturated heterocycles. The first-order valence-electron chi connectivity index (χ1n) is 4.80. The fourth-order valence-electron chi connectivity index (χ4n) is 1.39. The molecule has 6 heteroatoms. The van der Waals surface area contributed by atoms with Crippen molar-refractivity contribution in [2.24, 2.45) is 5.11 Å². The third-order valence-corrected chi connectivity index (χ3v) is 2.92. The van der Waals surface area contributed by atoms with Crippen LogP contribution in [-0.2, 0) is 0 Å². The van der Waals surface area contributed by atoms with Gasteiger partial charge in [0.25, 0.3) is 0 Å². The van der Waals surface area contributed by atoms with Crippen LogP contribution in [0.3, 0.4) is 0 Å². The Balaban J connectivity index is 2.45. The molecule has 0 aliphatic rings. The second-order valence-electron chi connectivity index (χ2n) is 3.09. The first-order valence-corrected chi connectivity index (χ1v) is 5.68. The summed E-state index contributed by atoms with van der Waals surface area (Å²) >= 11 is 1.40. The van der Waals surface area contributed by atoms with Crippen LogP contribution in [-0.4, -0.2) is 6.03 Å². The van der Waals surface area contributed by atoms with E-state index in [9.17, 15) is 4.79 Å². The molecule has 84 valence electrons. The molecule has 1 aromatic heterocycles. The average Bonchev–Trinajstić information content (AvgIpc) is 2.85. The van der Waals surface area contributed by atoms with Crippen molar-refractivity contribution in [2.45, 2.75) is 0 Å². The summed E-state index contributed by atoms with van der Waals surface area (Å²) in [5.74, 6) is 0. The maximum Gasteiger partial charge on any atom is 0.320 e. The van der Waals surface area contributed by atoms with Crippen LogP contribution in [0.15, 0.2) is 53.0 Å². The van der Waals surface area contributed by atoms with Crippen LogP contribution in [0.4, 0.5) is 15.5 Å². The molecule has 0 unspecified atom stereocenters. The molecule has 0 saturated carbocycles. The summed E-state index contributed by atoms with van der Waals surface area (Å²) in [6.45, 7) is 0. The lowest BCUT2D eigenvalue weighted by atomic mass is 10.3. The predicted molar refractivity (Wildman–Crippen MR) is 67.4 cm³/mol. The highest BCUT2D eigenvalue weighted by Crippen LogP contribution is 2.30. The minimum Gasteiger partial charge on any atom is -0.267 e. The number of carbonyl (C=O) groups excluding carboxylic acids is 1. The number of azide groups is 1. The van der Waals surface area contributed by atoms with Gasteiger partial charge >= 0.3 is 6.03 Å². The van der Waals surface area contributed by atoms with E-state index in [1.807, 2.05) is 29.6 Å². The molecule has 0 fully saturated rings. The zero-order valence-corrected chi connectivity index (χ0v) is 9.54. The molecule has 0 radical (unpaired) electrons. The number of hydrogen-bond acceptors (Lipinski definition) is 2. The Hall–Kier alpha value is -2.30. The molecule has 0 atom stereocenters. The van der Waals surface area contributed by atoms with Crippen molar-refractivity contribution in [3.63, 3.8) is 0 Å². The molecular weight excluding hydrogens is 236 g/mol. The summed E-state index contributed by atoms with van der Waals surface area (Å²) in [6, 6.07) is 12.0. The van der Waals surface area contributed by atoms with E-state index in [4.69, 9.17) is 5.53 Å². The highest BCUT2D eigenvalue weighted by Gasteiger charge is 2.16. The Morgan fingerprint density at radius 1 is 1.24 bits per heavy atom. The third kappa shape index (κ3) is 2.44. The van der Waals surface area contributed by atoms with Gasteiger partial charge in [-0.1, -0.05) is 18.2 Å². The molecule has 5 nitrogen and oxygen atoms in total. The van der Waals surface area contributed by atoms with E-state index in [0.717, 1.165) is 0 Å². The molecule has 2 rings (SSSR count). The molecule has 0 aliphatic carbocycles. The van der Waals surface area contributed by atoms with Gasteiger partial charge in [-0.2, -0.15) is 0 Å². The molecule has 0 bridgehead atoms. The molecule has 0 N–H and O–H groups in total. The zero-order chi connectivity index (χ0) is 12.1. The number of hydrogen-bond donors (Lipinski definition) is 0. The lowest BCUT2D eigenvalue weighted by Crippen LogP contribution is -2.20. The highest BCUT2D eigenvalue weighted by atomic mass is 32.1. The zero-order valence-electron chi connectivity index (χ0n) is 8.72. The van der Waals surface area contributed by atoms with Gasteiger partial charge in [0.1, 0.15) is 5.00 Å². The summed E-state index contributed by atoms with van der Waals surface area (Å²) in [5.41, 5.74) is 9.02. The molecule has 1 heterocycles. The highest BCUT2D eigenvalue weighted by molar-refractivity contribution is 7.14. The lowest BCUT2D eigenvalue weighted by Gasteiger charge is -2.18. The van der Waals surface area contributed by atoms with Gasteiger partial charge in [0.2, 0.25) is 0 Å². The largest absolute Gasteiger partial charge is 0.320 e. The van der Waals surface area contributed by atoms with E-state index in [2.05, 4.69) is 10.0 Å². The Labute approximate surface area is 102 Å². The summed E-state index contributed by atoms with van der Waals surface area (Å²) in [7, 11) is 0. The number of benzene rings is 1. The van der Waals surface area contributed by atoms with Gasteiger partial charge in [-0.15, -0.1) is 11.3 Å². The number of thiophene rings is 1. The lowest BCUT2D eigenvalue weighted by molar-refractivity contribution is 0.256. The predicted octanol–water partition coefficient (Wildman–Crippen LogP) is 4.32. The summed E-state index contributed by atoms with van der Waals surface area (Å²) in [4.78, 5) is 15.7. The van der Waals surface area contributed by atoms with Crippen LogP contribution in [0.25, 0.3) is 10.4 Å². The molecule has 2 aromatic rings. The summed E-state index contributed by atoms with van der Waals surface area (Å²) in [6.07, 6.45) is 0. The van der Waals surface area contributed by atoms with E-state index < -0.39 is 6.03 Å². The quantitative estimate of drug-likeness (QED) is 0.440. The molecule has 2 amide bonds. The van der Waals surface area contributed by atoms with Crippen LogP contribution in [0.2, 0.25) is 0 Å². The number of carbonyl (C=O) groups is 1. The number of para-hydroxylation sites is 1. The second kappa shape index (κ2) is 5.16. The van der Waals surface area contributed by atoms with Crippen molar-refractivity contribution in [1.29, 1.82) is 0 Å². The van der Waals surface area contributed by atoms with Crippen molar-refractivity contribution in [1.82, 2.24) is 0 Å². The van der Waals surface area contributed by atoms with Crippen molar-refractivity contribution in [3.05, 3.63) is 58.3 Å². The first kappa shape index (κ1) is 11.2. The van der Waals surface area contributed by atoms with E-state index >= 15 is 0 Å². The number of rotatable bonds is 2. The number of urea groups is 1. The monoisotopic (exact) mass is 244 g/mol. The van der Waals surface area contributed by atoms with E-state index in [1.165, 1.54) is 16.2 Å². The van der Waals surface area contributed by atoms with Crippen LogP contribution in [0, 0.1) is 0 Å². The maximum atomic E-state index is 11.8. The first-order chi connectivity index (χ1) is 8.33. The molecule has 0 aliphatic heterocycles. The van der Waals surface area contributed by atoms with Gasteiger partial charge in [0, 0.05) is 15.7 Å². The Morgan fingerprint density at radius 2 is 2.00 bits per heavy atom. The Kier molecular flexibility index (Phi) is 3.40. The van der Waals surface area contributed by atoms with Gasteiger partial charge < -0.3 is 0 Å². The standard InChI is InChI=1S/C11H8N4OS/c12-14-13-11(16)15(10-7-4-8-17-10)9-5-2-1-3-6-9/h1-8H. The number of nitrogens with zero attached hydrogens (tertiary/aromatic N) is 4. The van der Waals surface area contributed by atoms with Crippen molar-refractivity contribution < 1.29 is 4.79 Å². The summed E-state index contributed by atoms with van der Waals surface area (Å²) in [5, 5.41) is 5.70. The van der Waals surface area contributed by atoms with Crippen molar-refractivity contribution in [3.8, 4) is 0 Å². The number of anilines is 2. The molecular formula is C11H8N4OS. The van der Waals surface area contributed by atoms with Gasteiger partial charge in [0.05, 0.1) is 0 Å². The molecule has 17 heavy (non-hydrogen) atoms. The van der Waals surface area contributed by atoms with Crippen molar-refractivity contribution >= 4 is 28.1 Å². The topological polar surface area (TPSA) is 69.1 Å². The SMILES string of the molecule is [N-]=[N+]=NC(=O)N(c1ccccc1)c1cccs1. The van der Waals surface area contributed by atoms with Gasteiger partial charge in [-0.25, -0.2) is 0 Å². The summed E-state index contributed by atoms with van der Waals surface area (Å²) < 4.78 is 0. The van der Waals surface area contributed by atoms with Gasteiger partial charge in [-0.3, -0.25) is 9.69 Å². The maximum absolute atomic E-state index is 11.8. The number of amides is 2. The normalized spacial score (nSPS) is 9.41. The third-order valence-electron chi connectivity index (χ3n) is 2.06. The minimum absolute atomic E-state index is 0.638. The molecule has 0 spiro atoms. The fraction of sp³-hybridized carbons (Fsp3) is 0. The Morgan fingerprint density at radius 3 is 2.59 bits per heavy atom. The van der Waals surface area contributed by atoms with Gasteiger partial charge in [0.15, 0.2) is 0 Å². The smallest absolute Gasteiger partial charge is 0.267 e.